The number of rotatable bonds is 8. The minimum atomic E-state index is -3.70. The molecular formula is C15H24ClN3O5S. The molecule has 1 aromatic carbocycles. The van der Waals surface area contributed by atoms with Crippen molar-refractivity contribution in [3.63, 3.8) is 0 Å². The van der Waals surface area contributed by atoms with Gasteiger partial charge in [-0.25, -0.2) is 13.1 Å². The van der Waals surface area contributed by atoms with Gasteiger partial charge in [0.2, 0.25) is 15.9 Å². The van der Waals surface area contributed by atoms with Crippen molar-refractivity contribution in [1.29, 1.82) is 0 Å². The number of hydrogen-bond donors (Lipinski definition) is 3. The third-order valence-electron chi connectivity index (χ3n) is 3.37. The summed E-state index contributed by atoms with van der Waals surface area (Å²) >= 11 is 0. The Morgan fingerprint density at radius 3 is 2.56 bits per heavy atom. The number of benzene rings is 1. The first-order valence-corrected chi connectivity index (χ1v) is 9.32. The summed E-state index contributed by atoms with van der Waals surface area (Å²) in [6, 6.07) is 4.48. The first-order valence-electron chi connectivity index (χ1n) is 7.83. The van der Waals surface area contributed by atoms with E-state index in [2.05, 4.69) is 15.4 Å². The lowest BCUT2D eigenvalue weighted by Gasteiger charge is -2.11. The molecule has 25 heavy (non-hydrogen) atoms. The second-order valence-corrected chi connectivity index (χ2v) is 7.03. The van der Waals surface area contributed by atoms with Gasteiger partial charge in [-0.2, -0.15) is 0 Å². The predicted molar refractivity (Wildman–Crippen MR) is 96.0 cm³/mol. The van der Waals surface area contributed by atoms with Crippen LogP contribution in [-0.2, 0) is 14.8 Å². The summed E-state index contributed by atoms with van der Waals surface area (Å²) in [7, 11) is -1.92. The Morgan fingerprint density at radius 1 is 1.12 bits per heavy atom. The van der Waals surface area contributed by atoms with Crippen LogP contribution >= 0.6 is 12.4 Å². The van der Waals surface area contributed by atoms with E-state index in [9.17, 15) is 13.2 Å². The predicted octanol–water partition coefficient (Wildman–Crippen LogP) is 0.274. The Kier molecular flexibility index (Phi) is 8.98. The molecule has 1 amide bonds. The summed E-state index contributed by atoms with van der Waals surface area (Å²) in [5, 5.41) is 5.59. The van der Waals surface area contributed by atoms with Crippen LogP contribution in [0.2, 0.25) is 0 Å². The summed E-state index contributed by atoms with van der Waals surface area (Å²) in [4.78, 5) is 11.6. The number of halogens is 1. The lowest BCUT2D eigenvalue weighted by Crippen LogP contribution is -2.33. The molecule has 1 aromatic rings. The van der Waals surface area contributed by atoms with Crippen LogP contribution in [0.15, 0.2) is 23.1 Å². The van der Waals surface area contributed by atoms with Crippen molar-refractivity contribution < 1.29 is 22.7 Å². The van der Waals surface area contributed by atoms with Gasteiger partial charge < -0.3 is 20.1 Å². The van der Waals surface area contributed by atoms with E-state index < -0.39 is 10.0 Å². The molecule has 1 aliphatic rings. The second-order valence-electron chi connectivity index (χ2n) is 5.26. The molecule has 0 saturated carbocycles. The number of carbonyl (C=O) groups is 1. The summed E-state index contributed by atoms with van der Waals surface area (Å²) in [5.74, 6) is 0.752. The SMILES string of the molecule is CNCCNC(=O)CCNS(=O)(=O)c1ccc2c(c1)OCCCO2.Cl. The maximum atomic E-state index is 12.3. The quantitative estimate of drug-likeness (QED) is 0.547. The van der Waals surface area contributed by atoms with Gasteiger partial charge in [-0.1, -0.05) is 0 Å². The summed E-state index contributed by atoms with van der Waals surface area (Å²) < 4.78 is 38.0. The first-order chi connectivity index (χ1) is 11.5. The Labute approximate surface area is 154 Å². The van der Waals surface area contributed by atoms with Crippen LogP contribution in [0.1, 0.15) is 12.8 Å². The van der Waals surface area contributed by atoms with Crippen LogP contribution in [0.25, 0.3) is 0 Å². The number of likely N-dealkylation sites (N-methyl/N-ethyl adjacent to an activating group) is 1. The average molecular weight is 394 g/mol. The molecule has 0 fully saturated rings. The highest BCUT2D eigenvalue weighted by Gasteiger charge is 2.18. The number of amides is 1. The van der Waals surface area contributed by atoms with Crippen LogP contribution in [0, 0.1) is 0 Å². The van der Waals surface area contributed by atoms with Gasteiger partial charge in [0.05, 0.1) is 18.1 Å². The molecule has 0 bridgehead atoms. The van der Waals surface area contributed by atoms with E-state index in [1.54, 1.807) is 13.1 Å². The zero-order valence-corrected chi connectivity index (χ0v) is 15.7. The maximum Gasteiger partial charge on any atom is 0.240 e. The smallest absolute Gasteiger partial charge is 0.240 e. The highest BCUT2D eigenvalue weighted by Crippen LogP contribution is 2.31. The third-order valence-corrected chi connectivity index (χ3v) is 4.83. The van der Waals surface area contributed by atoms with Crippen LogP contribution in [0.4, 0.5) is 0 Å². The monoisotopic (exact) mass is 393 g/mol. The van der Waals surface area contributed by atoms with Crippen molar-refractivity contribution in [1.82, 2.24) is 15.4 Å². The molecule has 10 heteroatoms. The van der Waals surface area contributed by atoms with Gasteiger partial charge in [-0.3, -0.25) is 4.79 Å². The molecule has 0 unspecified atom stereocenters. The highest BCUT2D eigenvalue weighted by molar-refractivity contribution is 7.89. The van der Waals surface area contributed by atoms with Gasteiger partial charge in [0.1, 0.15) is 0 Å². The second kappa shape index (κ2) is 10.4. The normalized spacial score (nSPS) is 13.5. The number of sulfonamides is 1. The molecule has 0 aliphatic carbocycles. The number of fused-ring (bicyclic) bond motifs is 1. The van der Waals surface area contributed by atoms with Crippen molar-refractivity contribution in [2.75, 3.05) is 39.9 Å². The molecule has 0 saturated heterocycles. The zero-order chi connectivity index (χ0) is 17.4. The Bertz CT molecular complexity index is 669. The van der Waals surface area contributed by atoms with Crippen molar-refractivity contribution >= 4 is 28.3 Å². The van der Waals surface area contributed by atoms with Gasteiger partial charge in [0, 0.05) is 38.5 Å². The molecule has 142 valence electrons. The maximum absolute atomic E-state index is 12.3. The first kappa shape index (κ1) is 21.5. The van der Waals surface area contributed by atoms with Crippen molar-refractivity contribution in [2.24, 2.45) is 0 Å². The summed E-state index contributed by atoms with van der Waals surface area (Å²) in [6.45, 7) is 2.22. The fourth-order valence-electron chi connectivity index (χ4n) is 2.11. The van der Waals surface area contributed by atoms with E-state index in [1.165, 1.54) is 12.1 Å². The van der Waals surface area contributed by atoms with Crippen LogP contribution < -0.4 is 24.8 Å². The van der Waals surface area contributed by atoms with E-state index in [0.717, 1.165) is 6.42 Å². The molecule has 0 atom stereocenters. The lowest BCUT2D eigenvalue weighted by molar-refractivity contribution is -0.120. The molecule has 1 heterocycles. The number of carbonyl (C=O) groups excluding carboxylic acids is 1. The van der Waals surface area contributed by atoms with Gasteiger partial charge in [0.25, 0.3) is 0 Å². The topological polar surface area (TPSA) is 106 Å². The van der Waals surface area contributed by atoms with Crippen LogP contribution in [0.3, 0.4) is 0 Å². The summed E-state index contributed by atoms with van der Waals surface area (Å²) in [6.07, 6.45) is 0.825. The number of ether oxygens (including phenoxy) is 2. The Morgan fingerprint density at radius 2 is 1.84 bits per heavy atom. The fraction of sp³-hybridized carbons (Fsp3) is 0.533. The van der Waals surface area contributed by atoms with Crippen molar-refractivity contribution in [3.8, 4) is 11.5 Å². The van der Waals surface area contributed by atoms with E-state index in [1.807, 2.05) is 0 Å². The minimum Gasteiger partial charge on any atom is -0.490 e. The molecule has 2 rings (SSSR count). The average Bonchev–Trinajstić information content (AvgIpc) is 2.79. The minimum absolute atomic E-state index is 0. The number of nitrogens with one attached hydrogen (secondary N) is 3. The molecule has 1 aliphatic heterocycles. The van der Waals surface area contributed by atoms with Gasteiger partial charge >= 0.3 is 0 Å². The molecule has 0 aromatic heterocycles. The van der Waals surface area contributed by atoms with Crippen molar-refractivity contribution in [2.45, 2.75) is 17.7 Å². The number of hydrogen-bond acceptors (Lipinski definition) is 6. The molecule has 3 N–H and O–H groups in total. The third kappa shape index (κ3) is 6.69. The highest BCUT2D eigenvalue weighted by atomic mass is 35.5. The van der Waals surface area contributed by atoms with E-state index in [4.69, 9.17) is 9.47 Å². The van der Waals surface area contributed by atoms with Crippen LogP contribution in [0.5, 0.6) is 11.5 Å². The van der Waals surface area contributed by atoms with E-state index in [-0.39, 0.29) is 36.2 Å². The fourth-order valence-corrected chi connectivity index (χ4v) is 3.16. The molecule has 0 spiro atoms. The zero-order valence-electron chi connectivity index (χ0n) is 14.0. The largest absolute Gasteiger partial charge is 0.490 e. The van der Waals surface area contributed by atoms with Crippen molar-refractivity contribution in [3.05, 3.63) is 18.2 Å². The van der Waals surface area contributed by atoms with Gasteiger partial charge in [-0.05, 0) is 19.2 Å². The lowest BCUT2D eigenvalue weighted by atomic mass is 10.3. The molecular weight excluding hydrogens is 370 g/mol. The van der Waals surface area contributed by atoms with Crippen LogP contribution in [-0.4, -0.2) is 54.2 Å². The summed E-state index contributed by atoms with van der Waals surface area (Å²) in [5.41, 5.74) is 0. The Balaban J connectivity index is 0.00000312. The molecule has 8 nitrogen and oxygen atoms in total. The van der Waals surface area contributed by atoms with E-state index >= 15 is 0 Å². The molecule has 0 radical (unpaired) electrons. The standard InChI is InChI=1S/C15H23N3O5S.ClH/c1-16-7-8-17-15(19)5-6-18-24(20,21)12-3-4-13-14(11-12)23-10-2-9-22-13;/h3-4,11,16,18H,2,5-10H2,1H3,(H,17,19);1H. The van der Waals surface area contributed by atoms with E-state index in [0.29, 0.717) is 37.8 Å². The van der Waals surface area contributed by atoms with Gasteiger partial charge in [0.15, 0.2) is 11.5 Å². The van der Waals surface area contributed by atoms with Gasteiger partial charge in [-0.15, -0.1) is 12.4 Å². The Hall–Kier alpha value is -1.55.